The third-order valence-corrected chi connectivity index (χ3v) is 3.68. The van der Waals surface area contributed by atoms with Crippen molar-refractivity contribution in [2.75, 3.05) is 13.2 Å². The fourth-order valence-electron chi connectivity index (χ4n) is 2.61. The van der Waals surface area contributed by atoms with Crippen LogP contribution in [-0.4, -0.2) is 23.9 Å². The summed E-state index contributed by atoms with van der Waals surface area (Å²) in [5, 5.41) is 7.53. The van der Waals surface area contributed by atoms with Crippen LogP contribution in [0.1, 0.15) is 16.7 Å². The maximum atomic E-state index is 7.53. The van der Waals surface area contributed by atoms with E-state index in [1.54, 1.807) is 0 Å². The molecule has 3 rings (SSSR count). The molecule has 4 nitrogen and oxygen atoms in total. The number of ether oxygens (including phenoxy) is 1. The molecule has 3 N–H and O–H groups in total. The van der Waals surface area contributed by atoms with Crippen molar-refractivity contribution in [1.82, 2.24) is 4.90 Å². The van der Waals surface area contributed by atoms with Gasteiger partial charge in [0.15, 0.2) is 0 Å². The first-order valence-corrected chi connectivity index (χ1v) is 7.09. The van der Waals surface area contributed by atoms with E-state index in [0.717, 1.165) is 30.9 Å². The molecule has 0 aromatic heterocycles. The van der Waals surface area contributed by atoms with Crippen LogP contribution in [0.3, 0.4) is 0 Å². The van der Waals surface area contributed by atoms with Gasteiger partial charge in [-0.3, -0.25) is 10.3 Å². The van der Waals surface area contributed by atoms with Crippen molar-refractivity contribution in [3.05, 3.63) is 65.2 Å². The third-order valence-electron chi connectivity index (χ3n) is 3.68. The van der Waals surface area contributed by atoms with E-state index >= 15 is 0 Å². The average Bonchev–Trinajstić information content (AvgIpc) is 2.69. The molecule has 1 aliphatic heterocycles. The summed E-state index contributed by atoms with van der Waals surface area (Å²) in [4.78, 5) is 2.35. The summed E-state index contributed by atoms with van der Waals surface area (Å²) in [5.41, 5.74) is 8.72. The number of benzene rings is 2. The predicted octanol–water partition coefficient (Wildman–Crippen LogP) is 2.37. The van der Waals surface area contributed by atoms with Crippen molar-refractivity contribution in [2.45, 2.75) is 13.1 Å². The number of hydrogen-bond acceptors (Lipinski definition) is 3. The molecule has 0 radical (unpaired) electrons. The number of nitrogen functional groups attached to an aromatic ring is 1. The highest BCUT2D eigenvalue weighted by molar-refractivity contribution is 5.95. The Morgan fingerprint density at radius 1 is 1.19 bits per heavy atom. The highest BCUT2D eigenvalue weighted by Crippen LogP contribution is 2.23. The molecular formula is C17H19N3O. The van der Waals surface area contributed by atoms with E-state index in [1.807, 2.05) is 36.4 Å². The lowest BCUT2D eigenvalue weighted by molar-refractivity contribution is 0.219. The van der Waals surface area contributed by atoms with Crippen LogP contribution < -0.4 is 10.5 Å². The summed E-state index contributed by atoms with van der Waals surface area (Å²) in [6.45, 7) is 3.29. The van der Waals surface area contributed by atoms with Gasteiger partial charge >= 0.3 is 0 Å². The van der Waals surface area contributed by atoms with E-state index < -0.39 is 0 Å². The second-order valence-electron chi connectivity index (χ2n) is 5.28. The molecule has 0 spiro atoms. The summed E-state index contributed by atoms with van der Waals surface area (Å²) >= 11 is 0. The van der Waals surface area contributed by atoms with Crippen molar-refractivity contribution in [3.8, 4) is 5.75 Å². The van der Waals surface area contributed by atoms with Crippen LogP contribution in [0.25, 0.3) is 0 Å². The SMILES string of the molecule is N=C(N)c1cccc(CN2CCOc3ccccc3C2)c1. The standard InChI is InChI=1S/C17H19N3O/c18-17(19)14-6-3-4-13(10-14)11-20-8-9-21-16-7-2-1-5-15(16)12-20/h1-7,10H,8-9,11-12H2,(H3,18,19). The Morgan fingerprint density at radius 2 is 2.05 bits per heavy atom. The molecule has 1 aliphatic rings. The second-order valence-corrected chi connectivity index (χ2v) is 5.28. The van der Waals surface area contributed by atoms with Gasteiger partial charge in [-0.15, -0.1) is 0 Å². The van der Waals surface area contributed by atoms with Crippen LogP contribution in [0, 0.1) is 5.41 Å². The first kappa shape index (κ1) is 13.6. The van der Waals surface area contributed by atoms with E-state index in [9.17, 15) is 0 Å². The molecule has 0 atom stereocenters. The van der Waals surface area contributed by atoms with Crippen LogP contribution in [-0.2, 0) is 13.1 Å². The molecule has 4 heteroatoms. The number of hydrogen-bond donors (Lipinski definition) is 2. The van der Waals surface area contributed by atoms with Gasteiger partial charge in [-0.2, -0.15) is 0 Å². The summed E-state index contributed by atoms with van der Waals surface area (Å²) in [6.07, 6.45) is 0. The maximum absolute atomic E-state index is 7.53. The summed E-state index contributed by atoms with van der Waals surface area (Å²) in [6, 6.07) is 16.1. The largest absolute Gasteiger partial charge is 0.492 e. The highest BCUT2D eigenvalue weighted by atomic mass is 16.5. The van der Waals surface area contributed by atoms with Crippen molar-refractivity contribution >= 4 is 5.84 Å². The third kappa shape index (κ3) is 3.23. The average molecular weight is 281 g/mol. The van der Waals surface area contributed by atoms with Gasteiger partial charge in [-0.05, 0) is 17.7 Å². The topological polar surface area (TPSA) is 62.3 Å². The fraction of sp³-hybridized carbons (Fsp3) is 0.235. The van der Waals surface area contributed by atoms with E-state index in [1.165, 1.54) is 11.1 Å². The van der Waals surface area contributed by atoms with Crippen molar-refractivity contribution in [3.63, 3.8) is 0 Å². The molecular weight excluding hydrogens is 262 g/mol. The van der Waals surface area contributed by atoms with Gasteiger partial charge in [0.1, 0.15) is 18.2 Å². The summed E-state index contributed by atoms with van der Waals surface area (Å²) in [5.74, 6) is 1.10. The zero-order valence-electron chi connectivity index (χ0n) is 11.9. The van der Waals surface area contributed by atoms with Crippen LogP contribution in [0.5, 0.6) is 5.75 Å². The van der Waals surface area contributed by atoms with Crippen LogP contribution in [0.4, 0.5) is 0 Å². The van der Waals surface area contributed by atoms with Gasteiger partial charge in [-0.1, -0.05) is 36.4 Å². The summed E-state index contributed by atoms with van der Waals surface area (Å²) < 4.78 is 5.78. The highest BCUT2D eigenvalue weighted by Gasteiger charge is 2.15. The number of fused-ring (bicyclic) bond motifs is 1. The molecule has 21 heavy (non-hydrogen) atoms. The maximum Gasteiger partial charge on any atom is 0.123 e. The number of nitrogens with zero attached hydrogens (tertiary/aromatic N) is 1. The minimum atomic E-state index is 0.112. The zero-order chi connectivity index (χ0) is 14.7. The second kappa shape index (κ2) is 5.97. The number of amidine groups is 1. The molecule has 1 heterocycles. The van der Waals surface area contributed by atoms with Crippen LogP contribution >= 0.6 is 0 Å². The quantitative estimate of drug-likeness (QED) is 0.670. The Balaban J connectivity index is 1.76. The molecule has 0 amide bonds. The minimum absolute atomic E-state index is 0.112. The lowest BCUT2D eigenvalue weighted by Gasteiger charge is -2.19. The number of nitrogens with two attached hydrogens (primary N) is 1. The lowest BCUT2D eigenvalue weighted by Crippen LogP contribution is -2.25. The molecule has 108 valence electrons. The molecule has 2 aromatic carbocycles. The van der Waals surface area contributed by atoms with E-state index in [4.69, 9.17) is 15.9 Å². The van der Waals surface area contributed by atoms with Gasteiger partial charge in [-0.25, -0.2) is 0 Å². The molecule has 0 bridgehead atoms. The Hall–Kier alpha value is -2.33. The number of nitrogens with one attached hydrogen (secondary N) is 1. The minimum Gasteiger partial charge on any atom is -0.492 e. The monoisotopic (exact) mass is 281 g/mol. The van der Waals surface area contributed by atoms with E-state index in [2.05, 4.69) is 17.0 Å². The Labute approximate surface area is 124 Å². The van der Waals surface area contributed by atoms with Crippen molar-refractivity contribution < 1.29 is 4.74 Å². The fourth-order valence-corrected chi connectivity index (χ4v) is 2.61. The van der Waals surface area contributed by atoms with Gasteiger partial charge in [0.2, 0.25) is 0 Å². The van der Waals surface area contributed by atoms with Crippen molar-refractivity contribution in [2.24, 2.45) is 5.73 Å². The van der Waals surface area contributed by atoms with Gasteiger partial charge < -0.3 is 10.5 Å². The lowest BCUT2D eigenvalue weighted by atomic mass is 10.1. The molecule has 0 aliphatic carbocycles. The van der Waals surface area contributed by atoms with Gasteiger partial charge in [0.25, 0.3) is 0 Å². The van der Waals surface area contributed by atoms with Crippen LogP contribution in [0.2, 0.25) is 0 Å². The zero-order valence-corrected chi connectivity index (χ0v) is 11.9. The van der Waals surface area contributed by atoms with Gasteiger partial charge in [0.05, 0.1) is 0 Å². The van der Waals surface area contributed by atoms with E-state index in [-0.39, 0.29) is 5.84 Å². The smallest absolute Gasteiger partial charge is 0.123 e. The van der Waals surface area contributed by atoms with Gasteiger partial charge in [0, 0.05) is 30.8 Å². The first-order valence-electron chi connectivity index (χ1n) is 7.09. The molecule has 0 saturated heterocycles. The number of para-hydroxylation sites is 1. The Bertz CT molecular complexity index is 654. The molecule has 2 aromatic rings. The number of rotatable bonds is 3. The Morgan fingerprint density at radius 3 is 2.90 bits per heavy atom. The van der Waals surface area contributed by atoms with E-state index in [0.29, 0.717) is 6.61 Å². The van der Waals surface area contributed by atoms with Crippen LogP contribution in [0.15, 0.2) is 48.5 Å². The summed E-state index contributed by atoms with van der Waals surface area (Å²) in [7, 11) is 0. The first-order chi connectivity index (χ1) is 10.2. The molecule has 0 saturated carbocycles. The normalized spacial score (nSPS) is 14.9. The molecule has 0 fully saturated rings. The molecule has 0 unspecified atom stereocenters. The predicted molar refractivity (Wildman–Crippen MR) is 83.5 cm³/mol. The van der Waals surface area contributed by atoms with Crippen molar-refractivity contribution in [1.29, 1.82) is 5.41 Å². The Kier molecular flexibility index (Phi) is 3.88.